The Hall–Kier alpha value is -2.80. The van der Waals surface area contributed by atoms with Gasteiger partial charge >= 0.3 is 0 Å². The van der Waals surface area contributed by atoms with Crippen molar-refractivity contribution in [2.75, 3.05) is 39.7 Å². The molecule has 0 aliphatic rings. The summed E-state index contributed by atoms with van der Waals surface area (Å²) in [7, 11) is 4.53. The van der Waals surface area contributed by atoms with E-state index in [4.69, 9.17) is 14.2 Å². The van der Waals surface area contributed by atoms with Gasteiger partial charge in [0.1, 0.15) is 18.0 Å². The van der Waals surface area contributed by atoms with Gasteiger partial charge in [0.2, 0.25) is 0 Å². The number of methoxy groups -OCH3 is 3. The molecule has 27 heavy (non-hydrogen) atoms. The number of benzene rings is 2. The van der Waals surface area contributed by atoms with Gasteiger partial charge in [-0.25, -0.2) is 4.39 Å². The molecule has 0 spiro atoms. The molecular formula is C20H26FN2O4+. The highest BCUT2D eigenvalue weighted by molar-refractivity contribution is 5.93. The van der Waals surface area contributed by atoms with E-state index >= 15 is 0 Å². The standard InChI is InChI=1S/C20H25FN2O4/c1-5-23(12-14-6-8-18(26-3)16(21)10-14)13-20(24)22-17-11-15(25-2)7-9-19(17)27-4/h6-11H,5,12-13H2,1-4H3,(H,22,24)/p+1. The number of carbonyl (C=O) groups is 1. The summed E-state index contributed by atoms with van der Waals surface area (Å²) in [6, 6.07) is 10.0. The van der Waals surface area contributed by atoms with E-state index < -0.39 is 5.82 Å². The Morgan fingerprint density at radius 1 is 1.04 bits per heavy atom. The molecule has 6 nitrogen and oxygen atoms in total. The van der Waals surface area contributed by atoms with Crippen LogP contribution in [-0.4, -0.2) is 40.3 Å². The Balaban J connectivity index is 2.03. The second kappa shape index (κ2) is 9.78. The van der Waals surface area contributed by atoms with Gasteiger partial charge < -0.3 is 24.4 Å². The minimum atomic E-state index is -0.406. The largest absolute Gasteiger partial charge is 0.497 e. The minimum absolute atomic E-state index is 0.160. The summed E-state index contributed by atoms with van der Waals surface area (Å²) < 4.78 is 29.3. The van der Waals surface area contributed by atoms with Crippen LogP contribution in [0.15, 0.2) is 36.4 Å². The molecule has 2 N–H and O–H groups in total. The Labute approximate surface area is 158 Å². The van der Waals surface area contributed by atoms with E-state index in [1.807, 2.05) is 6.92 Å². The molecule has 146 valence electrons. The van der Waals surface area contributed by atoms with Crippen molar-refractivity contribution in [1.29, 1.82) is 0 Å². The number of likely N-dealkylation sites (N-methyl/N-ethyl adjacent to an activating group) is 1. The Kier molecular flexibility index (Phi) is 7.43. The summed E-state index contributed by atoms with van der Waals surface area (Å²) in [6.45, 7) is 3.47. The summed E-state index contributed by atoms with van der Waals surface area (Å²) in [5.74, 6) is 0.821. The van der Waals surface area contributed by atoms with Crippen LogP contribution in [-0.2, 0) is 11.3 Å². The van der Waals surface area contributed by atoms with Crippen LogP contribution in [0.1, 0.15) is 12.5 Å². The lowest BCUT2D eigenvalue weighted by atomic mass is 10.2. The van der Waals surface area contributed by atoms with Crippen molar-refractivity contribution in [2.24, 2.45) is 0 Å². The molecule has 7 heteroatoms. The van der Waals surface area contributed by atoms with Crippen LogP contribution in [0.3, 0.4) is 0 Å². The smallest absolute Gasteiger partial charge is 0.279 e. The van der Waals surface area contributed by atoms with Gasteiger partial charge in [0.15, 0.2) is 18.1 Å². The molecule has 0 fully saturated rings. The molecule has 2 aromatic rings. The van der Waals surface area contributed by atoms with Crippen molar-refractivity contribution in [2.45, 2.75) is 13.5 Å². The molecule has 2 aromatic carbocycles. The molecule has 1 atom stereocenters. The predicted octanol–water partition coefficient (Wildman–Crippen LogP) is 1.90. The van der Waals surface area contributed by atoms with Gasteiger partial charge in [-0.2, -0.15) is 0 Å². The molecule has 0 aliphatic carbocycles. The van der Waals surface area contributed by atoms with Crippen molar-refractivity contribution >= 4 is 11.6 Å². The normalized spacial score (nSPS) is 11.6. The van der Waals surface area contributed by atoms with Crippen LogP contribution in [0.2, 0.25) is 0 Å². The number of carbonyl (C=O) groups excluding carboxylic acids is 1. The van der Waals surface area contributed by atoms with Crippen molar-refractivity contribution in [3.05, 3.63) is 47.8 Å². The number of amides is 1. The SMILES string of the molecule is CC[NH+](CC(=O)Nc1cc(OC)ccc1OC)Cc1ccc(OC)c(F)c1. The van der Waals surface area contributed by atoms with E-state index in [1.54, 1.807) is 44.6 Å². The molecule has 0 saturated heterocycles. The van der Waals surface area contributed by atoms with Crippen molar-refractivity contribution < 1.29 is 28.3 Å². The van der Waals surface area contributed by atoms with Gasteiger partial charge in [-0.05, 0) is 37.3 Å². The van der Waals surface area contributed by atoms with E-state index in [9.17, 15) is 9.18 Å². The van der Waals surface area contributed by atoms with Crippen LogP contribution < -0.4 is 24.4 Å². The fourth-order valence-corrected chi connectivity index (χ4v) is 2.75. The predicted molar refractivity (Wildman–Crippen MR) is 101 cm³/mol. The van der Waals surface area contributed by atoms with Crippen LogP contribution in [0.25, 0.3) is 0 Å². The second-order valence-corrected chi connectivity index (χ2v) is 6.04. The lowest BCUT2D eigenvalue weighted by Crippen LogP contribution is -3.11. The third-order valence-corrected chi connectivity index (χ3v) is 4.26. The van der Waals surface area contributed by atoms with Gasteiger partial charge in [0, 0.05) is 11.6 Å². The number of rotatable bonds is 9. The zero-order valence-corrected chi connectivity index (χ0v) is 16.1. The number of hydrogen-bond donors (Lipinski definition) is 2. The van der Waals surface area contributed by atoms with Gasteiger partial charge in [-0.3, -0.25) is 4.79 Å². The summed E-state index contributed by atoms with van der Waals surface area (Å²) in [5.41, 5.74) is 1.35. The number of quaternary nitrogens is 1. The van der Waals surface area contributed by atoms with E-state index in [1.165, 1.54) is 13.2 Å². The Morgan fingerprint density at radius 3 is 2.33 bits per heavy atom. The molecule has 0 radical (unpaired) electrons. The lowest BCUT2D eigenvalue weighted by Gasteiger charge is -2.18. The molecule has 0 aromatic heterocycles. The zero-order valence-electron chi connectivity index (χ0n) is 16.1. The van der Waals surface area contributed by atoms with Crippen molar-refractivity contribution in [3.8, 4) is 17.2 Å². The monoisotopic (exact) mass is 377 g/mol. The van der Waals surface area contributed by atoms with Crippen LogP contribution >= 0.6 is 0 Å². The zero-order chi connectivity index (χ0) is 19.8. The molecule has 0 saturated carbocycles. The molecule has 1 amide bonds. The highest BCUT2D eigenvalue weighted by Crippen LogP contribution is 2.28. The fourth-order valence-electron chi connectivity index (χ4n) is 2.75. The van der Waals surface area contributed by atoms with Gasteiger partial charge in [0.25, 0.3) is 5.91 Å². The first kappa shape index (κ1) is 20.5. The fraction of sp³-hybridized carbons (Fsp3) is 0.350. The third kappa shape index (κ3) is 5.59. The van der Waals surface area contributed by atoms with Crippen LogP contribution in [0, 0.1) is 5.82 Å². The average molecular weight is 377 g/mol. The first-order valence-corrected chi connectivity index (χ1v) is 8.68. The molecule has 1 unspecified atom stereocenters. The van der Waals surface area contributed by atoms with Crippen LogP contribution in [0.5, 0.6) is 17.2 Å². The number of ether oxygens (including phenoxy) is 3. The van der Waals surface area contributed by atoms with E-state index in [0.29, 0.717) is 23.7 Å². The quantitative estimate of drug-likeness (QED) is 0.701. The highest BCUT2D eigenvalue weighted by atomic mass is 19.1. The molecule has 0 bridgehead atoms. The number of hydrogen-bond acceptors (Lipinski definition) is 4. The van der Waals surface area contributed by atoms with Gasteiger partial charge in [-0.1, -0.05) is 0 Å². The molecule has 0 heterocycles. The Morgan fingerprint density at radius 2 is 1.74 bits per heavy atom. The Bertz CT molecular complexity index is 783. The van der Waals surface area contributed by atoms with E-state index in [0.717, 1.165) is 17.0 Å². The van der Waals surface area contributed by atoms with Gasteiger partial charge in [-0.15, -0.1) is 0 Å². The maximum Gasteiger partial charge on any atom is 0.279 e. The number of halogens is 1. The molecule has 0 aliphatic heterocycles. The molecule has 2 rings (SSSR count). The van der Waals surface area contributed by atoms with Gasteiger partial charge in [0.05, 0.1) is 33.6 Å². The lowest BCUT2D eigenvalue weighted by molar-refractivity contribution is -0.903. The maximum atomic E-state index is 13.9. The maximum absolute atomic E-state index is 13.9. The summed E-state index contributed by atoms with van der Waals surface area (Å²) in [6.07, 6.45) is 0. The first-order valence-electron chi connectivity index (χ1n) is 8.68. The second-order valence-electron chi connectivity index (χ2n) is 6.04. The summed E-state index contributed by atoms with van der Waals surface area (Å²) >= 11 is 0. The number of nitrogens with one attached hydrogen (secondary N) is 2. The average Bonchev–Trinajstić information content (AvgIpc) is 2.67. The molecular weight excluding hydrogens is 351 g/mol. The van der Waals surface area contributed by atoms with Crippen LogP contribution in [0.4, 0.5) is 10.1 Å². The van der Waals surface area contributed by atoms with Crippen molar-refractivity contribution in [1.82, 2.24) is 0 Å². The summed E-state index contributed by atoms with van der Waals surface area (Å²) in [4.78, 5) is 13.5. The highest BCUT2D eigenvalue weighted by Gasteiger charge is 2.16. The first-order chi connectivity index (χ1) is 13.0. The van der Waals surface area contributed by atoms with Crippen molar-refractivity contribution in [3.63, 3.8) is 0 Å². The van der Waals surface area contributed by atoms with E-state index in [2.05, 4.69) is 5.32 Å². The van der Waals surface area contributed by atoms with E-state index in [-0.39, 0.29) is 18.2 Å². The minimum Gasteiger partial charge on any atom is -0.497 e. The third-order valence-electron chi connectivity index (χ3n) is 4.26. The summed E-state index contributed by atoms with van der Waals surface area (Å²) in [5, 5.41) is 2.86. The topological polar surface area (TPSA) is 61.2 Å². The number of anilines is 1.